The third-order valence-corrected chi connectivity index (χ3v) is 13.6. The van der Waals surface area contributed by atoms with Crippen molar-refractivity contribution >= 4 is 17.7 Å². The van der Waals surface area contributed by atoms with E-state index in [-0.39, 0.29) is 75.4 Å². The van der Waals surface area contributed by atoms with Crippen molar-refractivity contribution in [2.24, 2.45) is 23.5 Å². The number of ether oxygens (including phenoxy) is 4. The Hall–Kier alpha value is -4.29. The van der Waals surface area contributed by atoms with Gasteiger partial charge in [-0.25, -0.2) is 0 Å². The monoisotopic (exact) mass is 1070 g/mol. The molecule has 19 nitrogen and oxygen atoms in total. The number of fused-ring (bicyclic) bond motifs is 2. The minimum Gasteiger partial charge on any atom is -0.481 e. The van der Waals surface area contributed by atoms with Gasteiger partial charge in [0, 0.05) is 31.6 Å². The van der Waals surface area contributed by atoms with Crippen LogP contribution in [0.25, 0.3) is 0 Å². The van der Waals surface area contributed by atoms with E-state index in [1.54, 1.807) is 85.1 Å². The molecule has 0 amide bonds. The van der Waals surface area contributed by atoms with Crippen molar-refractivity contribution in [3.63, 3.8) is 0 Å². The lowest BCUT2D eigenvalue weighted by Gasteiger charge is -2.45. The second kappa shape index (κ2) is 34.6. The second-order valence-corrected chi connectivity index (χ2v) is 20.5. The van der Waals surface area contributed by atoms with Gasteiger partial charge < -0.3 is 80.9 Å². The molecule has 3 aliphatic rings. The SMILES string of the molecule is C/C=C/C=C/C(=O)CC(O)CCC(C)C1OC(=O)CC(O)CC(O)CCCC(O)CC(O)CC(O)CC2(O)CC(O)C(C(=O)O)C(CC(OC3OC(C)C(O)C(N)C3O)/C=C/C=C/C=C\C=C/C=C/C=C/C=C\C1C)O2. The highest BCUT2D eigenvalue weighted by atomic mass is 16.7. The van der Waals surface area contributed by atoms with Crippen LogP contribution in [-0.2, 0) is 33.3 Å². The quantitative estimate of drug-likeness (QED) is 0.0802. The molecule has 19 unspecified atom stereocenters. The van der Waals surface area contributed by atoms with Gasteiger partial charge in [0.25, 0.3) is 0 Å². The summed E-state index contributed by atoms with van der Waals surface area (Å²) >= 11 is 0. The van der Waals surface area contributed by atoms with E-state index in [2.05, 4.69) is 0 Å². The maximum atomic E-state index is 13.3. The van der Waals surface area contributed by atoms with Crippen LogP contribution in [0.2, 0.25) is 0 Å². The van der Waals surface area contributed by atoms with Gasteiger partial charge in [-0.2, -0.15) is 0 Å². The molecule has 3 heterocycles. The van der Waals surface area contributed by atoms with Gasteiger partial charge in [-0.05, 0) is 77.2 Å². The third kappa shape index (κ3) is 24.6. The normalized spacial score (nSPS) is 39.7. The van der Waals surface area contributed by atoms with E-state index >= 15 is 0 Å². The van der Waals surface area contributed by atoms with Crippen LogP contribution >= 0.6 is 0 Å². The summed E-state index contributed by atoms with van der Waals surface area (Å²) in [6.45, 7) is 7.13. The van der Waals surface area contributed by atoms with E-state index in [4.69, 9.17) is 24.7 Å². The fourth-order valence-electron chi connectivity index (χ4n) is 9.52. The molecule has 0 aromatic carbocycles. The number of cyclic esters (lactones) is 1. The Bertz CT molecular complexity index is 2020. The minimum absolute atomic E-state index is 0.0553. The molecule has 19 atom stereocenters. The summed E-state index contributed by atoms with van der Waals surface area (Å²) in [5.41, 5.74) is 6.05. The number of carboxylic acids is 1. The van der Waals surface area contributed by atoms with Crippen LogP contribution in [0.5, 0.6) is 0 Å². The molecule has 0 radical (unpaired) electrons. The van der Waals surface area contributed by atoms with Gasteiger partial charge >= 0.3 is 11.9 Å². The lowest BCUT2D eigenvalue weighted by Crippen LogP contribution is -2.61. The summed E-state index contributed by atoms with van der Waals surface area (Å²) in [6.07, 6.45) is 12.8. The highest BCUT2D eigenvalue weighted by Crippen LogP contribution is 2.38. The van der Waals surface area contributed by atoms with Crippen molar-refractivity contribution in [2.75, 3.05) is 0 Å². The largest absolute Gasteiger partial charge is 0.481 e. The molecule has 428 valence electrons. The van der Waals surface area contributed by atoms with E-state index in [1.165, 1.54) is 19.1 Å². The molecule has 0 aromatic rings. The summed E-state index contributed by atoms with van der Waals surface area (Å²) in [7, 11) is 0. The van der Waals surface area contributed by atoms with Gasteiger partial charge in [0.1, 0.15) is 18.1 Å². The molecule has 3 rings (SSSR count). The molecule has 2 bridgehead atoms. The number of nitrogens with two attached hydrogens (primary N) is 1. The van der Waals surface area contributed by atoms with Crippen molar-refractivity contribution < 1.29 is 89.5 Å². The molecule has 19 heteroatoms. The number of carbonyl (C=O) groups is 3. The molecule has 0 aliphatic carbocycles. The number of allylic oxidation sites excluding steroid dienone is 16. The zero-order valence-corrected chi connectivity index (χ0v) is 44.3. The third-order valence-electron chi connectivity index (χ3n) is 13.6. The first-order valence-electron chi connectivity index (χ1n) is 26.5. The molecule has 0 aromatic heterocycles. The van der Waals surface area contributed by atoms with Gasteiger partial charge in [0.2, 0.25) is 0 Å². The van der Waals surface area contributed by atoms with Crippen LogP contribution in [0.15, 0.2) is 109 Å². The van der Waals surface area contributed by atoms with Crippen LogP contribution in [0, 0.1) is 17.8 Å². The Morgan fingerprint density at radius 1 is 0.763 bits per heavy atom. The maximum Gasteiger partial charge on any atom is 0.311 e. The fourth-order valence-corrected chi connectivity index (χ4v) is 9.52. The summed E-state index contributed by atoms with van der Waals surface area (Å²) < 4.78 is 23.7. The number of carboxylic acid groups (broad SMARTS) is 1. The van der Waals surface area contributed by atoms with Gasteiger partial charge in [0.05, 0.1) is 79.6 Å². The smallest absolute Gasteiger partial charge is 0.311 e. The first-order valence-corrected chi connectivity index (χ1v) is 26.5. The highest BCUT2D eigenvalue weighted by Gasteiger charge is 2.51. The Kier molecular flexibility index (Phi) is 30.0. The average Bonchev–Trinajstić information content (AvgIpc) is 3.32. The van der Waals surface area contributed by atoms with Crippen molar-refractivity contribution in [1.29, 1.82) is 0 Å². The molecule has 3 aliphatic heterocycles. The van der Waals surface area contributed by atoms with Crippen LogP contribution < -0.4 is 5.73 Å². The Morgan fingerprint density at radius 3 is 1.92 bits per heavy atom. The molecular formula is C57H87NO18. The number of aliphatic carboxylic acids is 1. The Labute approximate surface area is 447 Å². The lowest BCUT2D eigenvalue weighted by atomic mass is 9.82. The van der Waals surface area contributed by atoms with Gasteiger partial charge in [-0.15, -0.1) is 0 Å². The molecular weight excluding hydrogens is 987 g/mol. The van der Waals surface area contributed by atoms with E-state index in [9.17, 15) is 70.6 Å². The standard InChI is InChI=1S/C57H87NO18/c1-5-6-17-22-39(59)28-42(62)27-26-37(3)54-36(2)21-18-15-13-11-9-7-8-10-12-14-16-19-25-46(74-56-53(69)51(58)52(68)38(4)73-56)33-48-50(55(70)71)47(66)35-57(72,76-48)34-45(65)31-43(63)29-40(60)23-20-24-41(61)30-44(64)32-49(67)75-54/h5-19,21-22,25,36-38,40-48,50-54,56,60-66,68-69,72H,20,23-24,26-35,58H2,1-4H3,(H,70,71)/b6-5+,8-7-,11-9+,12-10-,15-13+,16-14+,21-18-,22-17+,25-19+. The summed E-state index contributed by atoms with van der Waals surface area (Å²) in [4.78, 5) is 38.1. The molecule has 0 saturated carbocycles. The molecule has 2 fully saturated rings. The number of hydrogen-bond donors (Lipinski definition) is 12. The first kappa shape index (κ1) is 66.0. The fraction of sp³-hybridized carbons (Fsp3) is 0.632. The predicted octanol–water partition coefficient (Wildman–Crippen LogP) is 3.34. The number of ketones is 1. The van der Waals surface area contributed by atoms with Gasteiger partial charge in [0.15, 0.2) is 17.9 Å². The lowest BCUT2D eigenvalue weighted by molar-refractivity contribution is -0.308. The van der Waals surface area contributed by atoms with E-state index in [0.29, 0.717) is 6.42 Å². The van der Waals surface area contributed by atoms with Crippen molar-refractivity contribution in [3.05, 3.63) is 109 Å². The summed E-state index contributed by atoms with van der Waals surface area (Å²) in [5, 5.41) is 119. The van der Waals surface area contributed by atoms with E-state index in [0.717, 1.165) is 0 Å². The molecule has 76 heavy (non-hydrogen) atoms. The topological polar surface area (TPSA) is 337 Å². The van der Waals surface area contributed by atoms with Crippen LogP contribution in [0.1, 0.15) is 111 Å². The Balaban J connectivity index is 1.85. The number of aliphatic hydroxyl groups is 10. The minimum atomic E-state index is -2.28. The van der Waals surface area contributed by atoms with Crippen LogP contribution in [0.4, 0.5) is 0 Å². The van der Waals surface area contributed by atoms with Crippen LogP contribution in [-0.4, -0.2) is 171 Å². The number of carbonyl (C=O) groups excluding carboxylic acids is 2. The Morgan fingerprint density at radius 2 is 1.33 bits per heavy atom. The van der Waals surface area contributed by atoms with Gasteiger partial charge in [-0.3, -0.25) is 14.4 Å². The molecule has 13 N–H and O–H groups in total. The molecule has 2 saturated heterocycles. The summed E-state index contributed by atoms with van der Waals surface area (Å²) in [6, 6.07) is -1.15. The number of esters is 1. The van der Waals surface area contributed by atoms with Crippen molar-refractivity contribution in [3.8, 4) is 0 Å². The van der Waals surface area contributed by atoms with E-state index < -0.39 is 135 Å². The zero-order valence-electron chi connectivity index (χ0n) is 44.3. The predicted molar refractivity (Wildman–Crippen MR) is 283 cm³/mol. The van der Waals surface area contributed by atoms with E-state index in [1.807, 2.05) is 32.9 Å². The first-order chi connectivity index (χ1) is 36.0. The molecule has 0 spiro atoms. The number of rotatable bonds is 11. The van der Waals surface area contributed by atoms with Crippen LogP contribution in [0.3, 0.4) is 0 Å². The number of aliphatic hydroxyl groups excluding tert-OH is 9. The number of hydrogen-bond acceptors (Lipinski definition) is 18. The second-order valence-electron chi connectivity index (χ2n) is 20.5. The average molecular weight is 1070 g/mol. The van der Waals surface area contributed by atoms with Gasteiger partial charge in [-0.1, -0.05) is 117 Å². The highest BCUT2D eigenvalue weighted by molar-refractivity contribution is 5.90. The van der Waals surface area contributed by atoms with Crippen molar-refractivity contribution in [1.82, 2.24) is 0 Å². The summed E-state index contributed by atoms with van der Waals surface area (Å²) in [5.74, 6) is -6.75. The zero-order chi connectivity index (χ0) is 56.4. The van der Waals surface area contributed by atoms with Crippen molar-refractivity contribution in [2.45, 2.75) is 209 Å². The maximum absolute atomic E-state index is 13.3.